The molecule has 6 heteroatoms. The molecule has 17 heavy (non-hydrogen) atoms. The fraction of sp³-hybridized carbons (Fsp3) is 0.727. The van der Waals surface area contributed by atoms with Gasteiger partial charge in [0.05, 0.1) is 5.25 Å². The lowest BCUT2D eigenvalue weighted by atomic mass is 9.99. The topological polar surface area (TPSA) is 54.9 Å². The van der Waals surface area contributed by atoms with E-state index in [0.717, 1.165) is 48.1 Å². The van der Waals surface area contributed by atoms with Gasteiger partial charge in [-0.25, -0.2) is 0 Å². The Morgan fingerprint density at radius 3 is 3.12 bits per heavy atom. The lowest BCUT2D eigenvalue weighted by Gasteiger charge is -2.17. The van der Waals surface area contributed by atoms with E-state index in [4.69, 9.17) is 0 Å². The highest BCUT2D eigenvalue weighted by atomic mass is 32.2. The van der Waals surface area contributed by atoms with Crippen LogP contribution in [0, 0.1) is 0 Å². The van der Waals surface area contributed by atoms with Gasteiger partial charge >= 0.3 is 0 Å². The molecule has 1 fully saturated rings. The summed E-state index contributed by atoms with van der Waals surface area (Å²) < 4.78 is 0.906. The van der Waals surface area contributed by atoms with Crippen LogP contribution >= 0.6 is 23.1 Å². The van der Waals surface area contributed by atoms with E-state index >= 15 is 0 Å². The molecule has 0 saturated heterocycles. The summed E-state index contributed by atoms with van der Waals surface area (Å²) in [5.41, 5.74) is 0. The number of thioether (sulfide) groups is 1. The smallest absolute Gasteiger partial charge is 0.206 e. The Labute approximate surface area is 110 Å². The molecule has 1 aromatic rings. The van der Waals surface area contributed by atoms with Crippen molar-refractivity contribution in [2.24, 2.45) is 0 Å². The lowest BCUT2D eigenvalue weighted by molar-refractivity contribution is -0.119. The Hall–Kier alpha value is -0.620. The van der Waals surface area contributed by atoms with E-state index in [9.17, 15) is 4.79 Å². The molecule has 1 aromatic heterocycles. The predicted octanol–water partition coefficient (Wildman–Crippen LogP) is 2.96. The highest BCUT2D eigenvalue weighted by molar-refractivity contribution is 8.02. The van der Waals surface area contributed by atoms with Gasteiger partial charge in [-0.05, 0) is 19.3 Å². The van der Waals surface area contributed by atoms with Crippen LogP contribution in [0.2, 0.25) is 0 Å². The van der Waals surface area contributed by atoms with Crippen LogP contribution < -0.4 is 5.32 Å². The standard InChI is InChI=1S/C11H17N3OS2/c1-2-7-12-10-13-14-11(17-10)16-9-6-4-3-5-8(9)15/h9H,2-7H2,1H3,(H,12,13). The average Bonchev–Trinajstić information content (AvgIpc) is 2.77. The van der Waals surface area contributed by atoms with Crippen LogP contribution in [0.4, 0.5) is 5.13 Å². The minimum Gasteiger partial charge on any atom is -0.360 e. The van der Waals surface area contributed by atoms with Gasteiger partial charge < -0.3 is 5.32 Å². The minimum absolute atomic E-state index is 0.107. The van der Waals surface area contributed by atoms with Gasteiger partial charge in [-0.2, -0.15) is 0 Å². The molecular formula is C11H17N3OS2. The SMILES string of the molecule is CCCNc1nnc(SC2CCCCC2=O)s1. The molecule has 0 aromatic carbocycles. The third kappa shape index (κ3) is 3.67. The third-order valence-electron chi connectivity index (χ3n) is 2.67. The van der Waals surface area contributed by atoms with Gasteiger partial charge in [0.1, 0.15) is 5.78 Å². The van der Waals surface area contributed by atoms with Crippen LogP contribution in [0.15, 0.2) is 4.34 Å². The predicted molar refractivity (Wildman–Crippen MR) is 71.8 cm³/mol. The number of aromatic nitrogens is 2. The maximum atomic E-state index is 11.7. The fourth-order valence-electron chi connectivity index (χ4n) is 1.76. The molecule has 0 radical (unpaired) electrons. The lowest BCUT2D eigenvalue weighted by Crippen LogP contribution is -2.21. The Morgan fingerprint density at radius 1 is 1.47 bits per heavy atom. The number of carbonyl (C=O) groups is 1. The van der Waals surface area contributed by atoms with Crippen LogP contribution in [0.3, 0.4) is 0 Å². The normalized spacial score (nSPS) is 20.5. The molecule has 2 rings (SSSR count). The first-order valence-corrected chi connectivity index (χ1v) is 7.76. The van der Waals surface area contributed by atoms with Gasteiger partial charge in [-0.3, -0.25) is 4.79 Å². The Kier molecular flexibility index (Phi) is 4.79. The highest BCUT2D eigenvalue weighted by Gasteiger charge is 2.24. The zero-order valence-corrected chi connectivity index (χ0v) is 11.6. The van der Waals surface area contributed by atoms with Crippen molar-refractivity contribution in [3.63, 3.8) is 0 Å². The fourth-order valence-corrected chi connectivity index (χ4v) is 3.90. The third-order valence-corrected chi connectivity index (χ3v) is 4.96. The van der Waals surface area contributed by atoms with Crippen molar-refractivity contribution in [3.05, 3.63) is 0 Å². The summed E-state index contributed by atoms with van der Waals surface area (Å²) in [4.78, 5) is 11.7. The summed E-state index contributed by atoms with van der Waals surface area (Å²) in [5.74, 6) is 0.375. The van der Waals surface area contributed by atoms with Crippen molar-refractivity contribution < 1.29 is 4.79 Å². The number of nitrogens with one attached hydrogen (secondary N) is 1. The Bertz CT molecular complexity index is 381. The van der Waals surface area contributed by atoms with Crippen LogP contribution in [0.1, 0.15) is 39.0 Å². The van der Waals surface area contributed by atoms with Crippen LogP contribution in [0.5, 0.6) is 0 Å². The molecule has 0 aliphatic heterocycles. The molecule has 0 spiro atoms. The molecule has 1 aliphatic rings. The van der Waals surface area contributed by atoms with Crippen molar-refractivity contribution >= 4 is 34.0 Å². The molecule has 0 amide bonds. The highest BCUT2D eigenvalue weighted by Crippen LogP contribution is 2.34. The van der Waals surface area contributed by atoms with E-state index in [1.807, 2.05) is 0 Å². The summed E-state index contributed by atoms with van der Waals surface area (Å²) in [6.07, 6.45) is 5.00. The van der Waals surface area contributed by atoms with E-state index in [0.29, 0.717) is 5.78 Å². The number of rotatable bonds is 5. The number of anilines is 1. The van der Waals surface area contributed by atoms with Gasteiger partial charge in [0, 0.05) is 13.0 Å². The molecule has 1 unspecified atom stereocenters. The first-order valence-electron chi connectivity index (χ1n) is 6.06. The van der Waals surface area contributed by atoms with Crippen LogP contribution in [-0.2, 0) is 4.79 Å². The quantitative estimate of drug-likeness (QED) is 0.892. The molecule has 0 bridgehead atoms. The minimum atomic E-state index is 0.107. The van der Waals surface area contributed by atoms with Gasteiger partial charge in [0.2, 0.25) is 5.13 Å². The zero-order valence-electron chi connectivity index (χ0n) is 9.94. The molecular weight excluding hydrogens is 254 g/mol. The van der Waals surface area contributed by atoms with Gasteiger partial charge in [0.25, 0.3) is 0 Å². The maximum absolute atomic E-state index is 11.7. The summed E-state index contributed by atoms with van der Waals surface area (Å²) in [6.45, 7) is 3.03. The maximum Gasteiger partial charge on any atom is 0.206 e. The summed E-state index contributed by atoms with van der Waals surface area (Å²) in [6, 6.07) is 0. The van der Waals surface area contributed by atoms with E-state index in [2.05, 4.69) is 22.4 Å². The number of hydrogen-bond acceptors (Lipinski definition) is 6. The molecule has 4 nitrogen and oxygen atoms in total. The van der Waals surface area contributed by atoms with E-state index in [1.54, 1.807) is 23.1 Å². The van der Waals surface area contributed by atoms with Crippen molar-refractivity contribution in [2.45, 2.75) is 48.6 Å². The van der Waals surface area contributed by atoms with Crippen molar-refractivity contribution in [1.82, 2.24) is 10.2 Å². The summed E-state index contributed by atoms with van der Waals surface area (Å²) in [5, 5.41) is 12.4. The van der Waals surface area contributed by atoms with Crippen molar-refractivity contribution in [1.29, 1.82) is 0 Å². The second kappa shape index (κ2) is 6.35. The zero-order chi connectivity index (χ0) is 12.1. The molecule has 94 valence electrons. The number of hydrogen-bond donors (Lipinski definition) is 1. The average molecular weight is 271 g/mol. The van der Waals surface area contributed by atoms with E-state index in [-0.39, 0.29) is 5.25 Å². The molecule has 1 atom stereocenters. The van der Waals surface area contributed by atoms with Gasteiger partial charge in [0.15, 0.2) is 4.34 Å². The molecule has 1 saturated carbocycles. The van der Waals surface area contributed by atoms with Gasteiger partial charge in [-0.15, -0.1) is 10.2 Å². The second-order valence-corrected chi connectivity index (χ2v) is 6.55. The Morgan fingerprint density at radius 2 is 2.35 bits per heavy atom. The van der Waals surface area contributed by atoms with Crippen LogP contribution in [-0.4, -0.2) is 27.8 Å². The number of nitrogens with zero attached hydrogens (tertiary/aromatic N) is 2. The van der Waals surface area contributed by atoms with Crippen LogP contribution in [0.25, 0.3) is 0 Å². The molecule has 1 N–H and O–H groups in total. The van der Waals surface area contributed by atoms with Crippen molar-refractivity contribution in [3.8, 4) is 0 Å². The molecule has 1 aliphatic carbocycles. The first kappa shape index (κ1) is 12.8. The number of carbonyl (C=O) groups excluding carboxylic acids is 1. The largest absolute Gasteiger partial charge is 0.360 e. The monoisotopic (exact) mass is 271 g/mol. The number of Topliss-reactive ketones (excluding diaryl/α,β-unsaturated/α-hetero) is 1. The summed E-state index contributed by atoms with van der Waals surface area (Å²) in [7, 11) is 0. The summed E-state index contributed by atoms with van der Waals surface area (Å²) >= 11 is 3.13. The molecule has 1 heterocycles. The Balaban J connectivity index is 1.89. The first-order chi connectivity index (χ1) is 8.29. The second-order valence-electron chi connectivity index (χ2n) is 4.12. The van der Waals surface area contributed by atoms with E-state index < -0.39 is 0 Å². The number of ketones is 1. The van der Waals surface area contributed by atoms with E-state index in [1.165, 1.54) is 0 Å². The van der Waals surface area contributed by atoms with Gasteiger partial charge in [-0.1, -0.05) is 36.4 Å². The van der Waals surface area contributed by atoms with Crippen molar-refractivity contribution in [2.75, 3.05) is 11.9 Å².